The number of amides is 1. The molecule has 0 saturated carbocycles. The van der Waals surface area contributed by atoms with E-state index in [-0.39, 0.29) is 11.6 Å². The van der Waals surface area contributed by atoms with Crippen molar-refractivity contribution in [1.82, 2.24) is 10.1 Å². The van der Waals surface area contributed by atoms with Gasteiger partial charge in [0, 0.05) is 11.8 Å². The number of rotatable bonds is 2. The maximum atomic E-state index is 11.9. The standard InChI is InChI=1S/C13H11N3O2S/c1-7-5-11(16-18-7)13(17)15-9-3-4-10-12(6-9)19-8(2)14-10/h3-6H,1-2H3,(H,15,17). The van der Waals surface area contributed by atoms with E-state index in [0.717, 1.165) is 20.9 Å². The summed E-state index contributed by atoms with van der Waals surface area (Å²) < 4.78 is 5.93. The summed E-state index contributed by atoms with van der Waals surface area (Å²) in [4.78, 5) is 16.3. The van der Waals surface area contributed by atoms with Crippen molar-refractivity contribution in [3.05, 3.63) is 40.7 Å². The van der Waals surface area contributed by atoms with E-state index in [2.05, 4.69) is 15.5 Å². The second kappa shape index (κ2) is 4.47. The predicted molar refractivity (Wildman–Crippen MR) is 73.6 cm³/mol. The van der Waals surface area contributed by atoms with Gasteiger partial charge in [-0.05, 0) is 32.0 Å². The number of carbonyl (C=O) groups excluding carboxylic acids is 1. The van der Waals surface area contributed by atoms with Crippen LogP contribution in [-0.4, -0.2) is 16.0 Å². The molecule has 2 aromatic heterocycles. The fraction of sp³-hybridized carbons (Fsp3) is 0.154. The van der Waals surface area contributed by atoms with Crippen molar-refractivity contribution in [3.8, 4) is 0 Å². The summed E-state index contributed by atoms with van der Waals surface area (Å²) in [6.45, 7) is 3.71. The molecule has 1 amide bonds. The number of aromatic nitrogens is 2. The summed E-state index contributed by atoms with van der Waals surface area (Å²) in [5.74, 6) is 0.330. The van der Waals surface area contributed by atoms with Gasteiger partial charge in [0.1, 0.15) is 5.76 Å². The maximum Gasteiger partial charge on any atom is 0.277 e. The van der Waals surface area contributed by atoms with E-state index in [1.54, 1.807) is 24.3 Å². The van der Waals surface area contributed by atoms with Gasteiger partial charge in [-0.3, -0.25) is 4.79 Å². The Hall–Kier alpha value is -2.21. The van der Waals surface area contributed by atoms with E-state index < -0.39 is 0 Å². The molecule has 0 unspecified atom stereocenters. The number of carbonyl (C=O) groups is 1. The Kier molecular flexibility index (Phi) is 2.79. The first-order valence-corrected chi connectivity index (χ1v) is 6.55. The van der Waals surface area contributed by atoms with E-state index in [1.807, 2.05) is 25.1 Å². The molecule has 1 aromatic carbocycles. The minimum atomic E-state index is -0.280. The lowest BCUT2D eigenvalue weighted by Gasteiger charge is -2.01. The molecule has 0 aliphatic carbocycles. The lowest BCUT2D eigenvalue weighted by Crippen LogP contribution is -2.11. The minimum absolute atomic E-state index is 0.276. The molecule has 0 fully saturated rings. The fourth-order valence-corrected chi connectivity index (χ4v) is 2.65. The van der Waals surface area contributed by atoms with E-state index in [4.69, 9.17) is 4.52 Å². The third kappa shape index (κ3) is 2.34. The number of nitrogens with zero attached hydrogens (tertiary/aromatic N) is 2. The van der Waals surface area contributed by atoms with Crippen LogP contribution in [0.1, 0.15) is 21.3 Å². The average Bonchev–Trinajstić information content (AvgIpc) is 2.93. The quantitative estimate of drug-likeness (QED) is 0.778. The number of fused-ring (bicyclic) bond motifs is 1. The molecular formula is C13H11N3O2S. The first kappa shape index (κ1) is 11.9. The van der Waals surface area contributed by atoms with Crippen LogP contribution in [0.3, 0.4) is 0 Å². The number of hydrogen-bond donors (Lipinski definition) is 1. The summed E-state index contributed by atoms with van der Waals surface area (Å²) in [7, 11) is 0. The highest BCUT2D eigenvalue weighted by molar-refractivity contribution is 7.18. The maximum absolute atomic E-state index is 11.9. The summed E-state index contributed by atoms with van der Waals surface area (Å²) in [5, 5.41) is 7.48. The van der Waals surface area contributed by atoms with E-state index in [1.165, 1.54) is 0 Å². The van der Waals surface area contributed by atoms with Gasteiger partial charge in [-0.15, -0.1) is 11.3 Å². The zero-order valence-corrected chi connectivity index (χ0v) is 11.2. The molecule has 2 heterocycles. The highest BCUT2D eigenvalue weighted by Crippen LogP contribution is 2.24. The molecule has 0 aliphatic heterocycles. The first-order valence-electron chi connectivity index (χ1n) is 5.74. The molecule has 0 saturated heterocycles. The van der Waals surface area contributed by atoms with Crippen LogP contribution < -0.4 is 5.32 Å². The Labute approximate surface area is 113 Å². The Balaban J connectivity index is 1.86. The number of nitrogens with one attached hydrogen (secondary N) is 1. The number of hydrogen-bond acceptors (Lipinski definition) is 5. The zero-order valence-electron chi connectivity index (χ0n) is 10.4. The van der Waals surface area contributed by atoms with Crippen LogP contribution in [0.5, 0.6) is 0 Å². The monoisotopic (exact) mass is 273 g/mol. The fourth-order valence-electron chi connectivity index (χ4n) is 1.79. The van der Waals surface area contributed by atoms with Crippen LogP contribution >= 0.6 is 11.3 Å². The van der Waals surface area contributed by atoms with Crippen molar-refractivity contribution in [2.75, 3.05) is 5.32 Å². The second-order valence-electron chi connectivity index (χ2n) is 4.19. The van der Waals surface area contributed by atoms with Crippen molar-refractivity contribution < 1.29 is 9.32 Å². The van der Waals surface area contributed by atoms with Gasteiger partial charge in [0.2, 0.25) is 0 Å². The molecule has 96 valence electrons. The van der Waals surface area contributed by atoms with Gasteiger partial charge in [-0.25, -0.2) is 4.98 Å². The van der Waals surface area contributed by atoms with Gasteiger partial charge < -0.3 is 9.84 Å². The van der Waals surface area contributed by atoms with Crippen molar-refractivity contribution in [2.24, 2.45) is 0 Å². The first-order chi connectivity index (χ1) is 9.11. The van der Waals surface area contributed by atoms with Gasteiger partial charge in [0.05, 0.1) is 15.2 Å². The smallest absolute Gasteiger partial charge is 0.277 e. The Morgan fingerprint density at radius 3 is 2.89 bits per heavy atom. The van der Waals surface area contributed by atoms with Crippen molar-refractivity contribution >= 4 is 33.1 Å². The number of anilines is 1. The normalized spacial score (nSPS) is 10.8. The van der Waals surface area contributed by atoms with Crippen LogP contribution in [0.15, 0.2) is 28.8 Å². The molecule has 0 spiro atoms. The topological polar surface area (TPSA) is 68.0 Å². The number of aryl methyl sites for hydroxylation is 2. The lowest BCUT2D eigenvalue weighted by molar-refractivity contribution is 0.101. The number of thiazole rings is 1. The highest BCUT2D eigenvalue weighted by atomic mass is 32.1. The molecule has 0 radical (unpaired) electrons. The van der Waals surface area contributed by atoms with Crippen molar-refractivity contribution in [2.45, 2.75) is 13.8 Å². The summed E-state index contributed by atoms with van der Waals surface area (Å²) in [5.41, 5.74) is 1.94. The van der Waals surface area contributed by atoms with E-state index in [0.29, 0.717) is 5.76 Å². The number of benzene rings is 1. The van der Waals surface area contributed by atoms with Crippen LogP contribution in [0, 0.1) is 13.8 Å². The third-order valence-electron chi connectivity index (χ3n) is 2.61. The Morgan fingerprint density at radius 1 is 1.32 bits per heavy atom. The average molecular weight is 273 g/mol. The molecule has 3 rings (SSSR count). The third-order valence-corrected chi connectivity index (χ3v) is 3.55. The van der Waals surface area contributed by atoms with Gasteiger partial charge in [-0.1, -0.05) is 5.16 Å². The van der Waals surface area contributed by atoms with E-state index in [9.17, 15) is 4.79 Å². The lowest BCUT2D eigenvalue weighted by atomic mass is 10.3. The summed E-state index contributed by atoms with van der Waals surface area (Å²) in [6.07, 6.45) is 0. The Bertz CT molecular complexity index is 760. The molecule has 1 N–H and O–H groups in total. The molecule has 0 bridgehead atoms. The van der Waals surface area contributed by atoms with Crippen molar-refractivity contribution in [1.29, 1.82) is 0 Å². The predicted octanol–water partition coefficient (Wildman–Crippen LogP) is 3.15. The molecule has 0 atom stereocenters. The van der Waals surface area contributed by atoms with Gasteiger partial charge in [0.25, 0.3) is 5.91 Å². The molecule has 3 aromatic rings. The Morgan fingerprint density at radius 2 is 2.16 bits per heavy atom. The highest BCUT2D eigenvalue weighted by Gasteiger charge is 2.11. The second-order valence-corrected chi connectivity index (χ2v) is 5.43. The molecule has 19 heavy (non-hydrogen) atoms. The van der Waals surface area contributed by atoms with Crippen LogP contribution in [0.2, 0.25) is 0 Å². The molecule has 5 nitrogen and oxygen atoms in total. The van der Waals surface area contributed by atoms with E-state index >= 15 is 0 Å². The summed E-state index contributed by atoms with van der Waals surface area (Å²) in [6, 6.07) is 7.23. The zero-order chi connectivity index (χ0) is 13.4. The SMILES string of the molecule is Cc1cc(C(=O)Nc2ccc3nc(C)sc3c2)no1. The van der Waals surface area contributed by atoms with Gasteiger partial charge >= 0.3 is 0 Å². The molecule has 0 aliphatic rings. The van der Waals surface area contributed by atoms with Gasteiger partial charge in [0.15, 0.2) is 5.69 Å². The largest absolute Gasteiger partial charge is 0.361 e. The van der Waals surface area contributed by atoms with Crippen LogP contribution in [0.25, 0.3) is 10.2 Å². The summed E-state index contributed by atoms with van der Waals surface area (Å²) >= 11 is 1.60. The van der Waals surface area contributed by atoms with Crippen LogP contribution in [0.4, 0.5) is 5.69 Å². The molecule has 6 heteroatoms. The minimum Gasteiger partial charge on any atom is -0.361 e. The van der Waals surface area contributed by atoms with Gasteiger partial charge in [-0.2, -0.15) is 0 Å². The molecular weight excluding hydrogens is 262 g/mol. The van der Waals surface area contributed by atoms with Crippen molar-refractivity contribution in [3.63, 3.8) is 0 Å². The van der Waals surface area contributed by atoms with Crippen LogP contribution in [-0.2, 0) is 0 Å².